The second-order valence-corrected chi connectivity index (χ2v) is 2.80. The van der Waals surface area contributed by atoms with Crippen molar-refractivity contribution in [2.75, 3.05) is 7.11 Å². The van der Waals surface area contributed by atoms with Gasteiger partial charge in [0.15, 0.2) is 5.75 Å². The fraction of sp³-hybridized carbons (Fsp3) is 0.143. The van der Waals surface area contributed by atoms with E-state index in [1.165, 1.54) is 13.2 Å². The van der Waals surface area contributed by atoms with Crippen molar-refractivity contribution in [2.24, 2.45) is 5.73 Å². The van der Waals surface area contributed by atoms with Crippen LogP contribution in [0.15, 0.2) is 16.7 Å². The molecule has 5 heteroatoms. The van der Waals surface area contributed by atoms with E-state index in [0.29, 0.717) is 10.4 Å². The molecule has 1 aromatic heterocycles. The second kappa shape index (κ2) is 3.53. The van der Waals surface area contributed by atoms with E-state index < -0.39 is 5.91 Å². The summed E-state index contributed by atoms with van der Waals surface area (Å²) in [6.07, 6.45) is 0. The maximum Gasteiger partial charge on any atom is 0.267 e. The van der Waals surface area contributed by atoms with Gasteiger partial charge in [-0.05, 0) is 28.1 Å². The Morgan fingerprint density at radius 1 is 1.67 bits per heavy atom. The lowest BCUT2D eigenvalue weighted by atomic mass is 10.3. The van der Waals surface area contributed by atoms with Gasteiger partial charge in [0.05, 0.1) is 7.11 Å². The molecule has 1 amide bonds. The Morgan fingerprint density at radius 3 is 2.75 bits per heavy atom. The quantitative estimate of drug-likeness (QED) is 0.770. The molecule has 0 bridgehead atoms. The van der Waals surface area contributed by atoms with Gasteiger partial charge in [-0.2, -0.15) is 0 Å². The summed E-state index contributed by atoms with van der Waals surface area (Å²) >= 11 is 3.13. The van der Waals surface area contributed by atoms with Crippen LogP contribution in [-0.4, -0.2) is 18.0 Å². The van der Waals surface area contributed by atoms with Crippen molar-refractivity contribution >= 4 is 21.8 Å². The number of hydrogen-bond acceptors (Lipinski definition) is 3. The van der Waals surface area contributed by atoms with E-state index in [4.69, 9.17) is 10.5 Å². The van der Waals surface area contributed by atoms with Gasteiger partial charge < -0.3 is 10.5 Å². The van der Waals surface area contributed by atoms with E-state index in [2.05, 4.69) is 20.9 Å². The van der Waals surface area contributed by atoms with Crippen LogP contribution in [0.4, 0.5) is 0 Å². The maximum atomic E-state index is 10.7. The predicted molar refractivity (Wildman–Crippen MR) is 47.0 cm³/mol. The summed E-state index contributed by atoms with van der Waals surface area (Å²) in [4.78, 5) is 14.5. The van der Waals surface area contributed by atoms with Gasteiger partial charge in [-0.1, -0.05) is 0 Å². The van der Waals surface area contributed by atoms with Crippen molar-refractivity contribution in [3.8, 4) is 5.75 Å². The fourth-order valence-corrected chi connectivity index (χ4v) is 1.20. The highest BCUT2D eigenvalue weighted by molar-refractivity contribution is 9.10. The highest BCUT2D eigenvalue weighted by Crippen LogP contribution is 2.21. The average molecular weight is 231 g/mol. The topological polar surface area (TPSA) is 65.2 Å². The molecule has 0 spiro atoms. The van der Waals surface area contributed by atoms with Gasteiger partial charge in [0.2, 0.25) is 0 Å². The Labute approximate surface area is 77.9 Å². The van der Waals surface area contributed by atoms with Crippen LogP contribution in [0.2, 0.25) is 0 Å². The van der Waals surface area contributed by atoms with E-state index in [9.17, 15) is 4.79 Å². The molecule has 0 fully saturated rings. The zero-order valence-electron chi connectivity index (χ0n) is 6.37. The van der Waals surface area contributed by atoms with Crippen molar-refractivity contribution in [1.82, 2.24) is 4.98 Å². The van der Waals surface area contributed by atoms with Crippen LogP contribution >= 0.6 is 15.9 Å². The molecule has 64 valence electrons. The molecular formula is C7H7BrN2O2. The Balaban J connectivity index is 3.10. The maximum absolute atomic E-state index is 10.7. The zero-order valence-corrected chi connectivity index (χ0v) is 7.96. The first-order valence-electron chi connectivity index (χ1n) is 3.15. The minimum absolute atomic E-state index is 0.211. The number of pyridine rings is 1. The van der Waals surface area contributed by atoms with E-state index in [0.717, 1.165) is 0 Å². The van der Waals surface area contributed by atoms with Gasteiger partial charge in [-0.15, -0.1) is 0 Å². The number of carbonyl (C=O) groups is 1. The summed E-state index contributed by atoms with van der Waals surface area (Å²) in [5.41, 5.74) is 5.22. The van der Waals surface area contributed by atoms with E-state index in [1.54, 1.807) is 6.07 Å². The number of nitrogens with zero attached hydrogens (tertiary/aromatic N) is 1. The summed E-state index contributed by atoms with van der Waals surface area (Å²) < 4.78 is 5.39. The third-order valence-electron chi connectivity index (χ3n) is 1.29. The zero-order chi connectivity index (χ0) is 9.14. The lowest BCUT2D eigenvalue weighted by molar-refractivity contribution is 0.0995. The molecule has 12 heavy (non-hydrogen) atoms. The van der Waals surface area contributed by atoms with Gasteiger partial charge in [0.25, 0.3) is 5.91 Å². The van der Waals surface area contributed by atoms with Crippen molar-refractivity contribution in [3.63, 3.8) is 0 Å². The lowest BCUT2D eigenvalue weighted by Gasteiger charge is -2.02. The SMILES string of the molecule is COc1ccc(C(N)=O)nc1Br. The summed E-state index contributed by atoms with van der Waals surface area (Å²) in [5.74, 6) is 0.0124. The Morgan fingerprint density at radius 2 is 2.33 bits per heavy atom. The number of ether oxygens (including phenoxy) is 1. The number of nitrogens with two attached hydrogens (primary N) is 1. The van der Waals surface area contributed by atoms with Gasteiger partial charge >= 0.3 is 0 Å². The fourth-order valence-electron chi connectivity index (χ4n) is 0.711. The lowest BCUT2D eigenvalue weighted by Crippen LogP contribution is -2.13. The van der Waals surface area contributed by atoms with E-state index >= 15 is 0 Å². The molecule has 1 aromatic rings. The summed E-state index contributed by atoms with van der Waals surface area (Å²) in [5, 5.41) is 0. The number of halogens is 1. The van der Waals surface area contributed by atoms with Crippen molar-refractivity contribution in [3.05, 3.63) is 22.4 Å². The molecule has 1 heterocycles. The van der Waals surface area contributed by atoms with Crippen LogP contribution in [0.5, 0.6) is 5.75 Å². The number of methoxy groups -OCH3 is 1. The molecule has 1 rings (SSSR count). The molecule has 0 aliphatic carbocycles. The summed E-state index contributed by atoms with van der Waals surface area (Å²) in [6.45, 7) is 0. The molecule has 0 aliphatic heterocycles. The van der Waals surface area contributed by atoms with Crippen LogP contribution in [0.25, 0.3) is 0 Å². The van der Waals surface area contributed by atoms with Crippen molar-refractivity contribution in [1.29, 1.82) is 0 Å². The first-order valence-corrected chi connectivity index (χ1v) is 3.95. The molecule has 4 nitrogen and oxygen atoms in total. The van der Waals surface area contributed by atoms with Gasteiger partial charge in [-0.3, -0.25) is 4.79 Å². The standard InChI is InChI=1S/C7H7BrN2O2/c1-12-5-3-2-4(7(9)11)10-6(5)8/h2-3H,1H3,(H2,9,11). The Kier molecular flexibility index (Phi) is 2.65. The monoisotopic (exact) mass is 230 g/mol. The van der Waals surface area contributed by atoms with Crippen LogP contribution < -0.4 is 10.5 Å². The minimum atomic E-state index is -0.557. The van der Waals surface area contributed by atoms with E-state index in [-0.39, 0.29) is 5.69 Å². The van der Waals surface area contributed by atoms with Gasteiger partial charge in [-0.25, -0.2) is 4.98 Å². The molecule has 0 saturated heterocycles. The molecule has 0 radical (unpaired) electrons. The average Bonchev–Trinajstić information content (AvgIpc) is 2.04. The molecular weight excluding hydrogens is 224 g/mol. The number of hydrogen-bond donors (Lipinski definition) is 1. The van der Waals surface area contributed by atoms with Crippen molar-refractivity contribution in [2.45, 2.75) is 0 Å². The highest BCUT2D eigenvalue weighted by Gasteiger charge is 2.06. The first-order chi connectivity index (χ1) is 5.65. The molecule has 0 unspecified atom stereocenters. The Bertz CT molecular complexity index is 314. The molecule has 0 atom stereocenters. The van der Waals surface area contributed by atoms with Gasteiger partial charge in [0.1, 0.15) is 10.3 Å². The first kappa shape index (κ1) is 8.99. The number of amides is 1. The number of aromatic nitrogens is 1. The summed E-state index contributed by atoms with van der Waals surface area (Å²) in [6, 6.07) is 3.13. The predicted octanol–water partition coefficient (Wildman–Crippen LogP) is 0.952. The van der Waals surface area contributed by atoms with Crippen LogP contribution in [0.3, 0.4) is 0 Å². The Hall–Kier alpha value is -1.10. The number of carbonyl (C=O) groups excluding carboxylic acids is 1. The van der Waals surface area contributed by atoms with Crippen LogP contribution in [-0.2, 0) is 0 Å². The third-order valence-corrected chi connectivity index (χ3v) is 1.85. The largest absolute Gasteiger partial charge is 0.494 e. The van der Waals surface area contributed by atoms with Crippen molar-refractivity contribution < 1.29 is 9.53 Å². The molecule has 0 saturated carbocycles. The highest BCUT2D eigenvalue weighted by atomic mass is 79.9. The third kappa shape index (κ3) is 1.73. The molecule has 2 N–H and O–H groups in total. The summed E-state index contributed by atoms with van der Waals surface area (Å²) in [7, 11) is 1.52. The van der Waals surface area contributed by atoms with Crippen LogP contribution in [0.1, 0.15) is 10.5 Å². The van der Waals surface area contributed by atoms with E-state index in [1.807, 2.05) is 0 Å². The van der Waals surface area contributed by atoms with Crippen LogP contribution in [0, 0.1) is 0 Å². The van der Waals surface area contributed by atoms with Gasteiger partial charge in [0, 0.05) is 0 Å². The normalized spacial score (nSPS) is 9.50. The molecule has 0 aromatic carbocycles. The molecule has 0 aliphatic rings. The number of rotatable bonds is 2. The smallest absolute Gasteiger partial charge is 0.267 e. The second-order valence-electron chi connectivity index (χ2n) is 2.05. The number of primary amides is 1. The minimum Gasteiger partial charge on any atom is -0.494 e.